The van der Waals surface area contributed by atoms with Crippen molar-refractivity contribution in [3.05, 3.63) is 58.8 Å². The molecule has 0 spiro atoms. The fourth-order valence-electron chi connectivity index (χ4n) is 2.45. The quantitative estimate of drug-likeness (QED) is 0.587. The van der Waals surface area contributed by atoms with Crippen molar-refractivity contribution < 1.29 is 0 Å². The van der Waals surface area contributed by atoms with Crippen LogP contribution < -0.4 is 10.6 Å². The highest BCUT2D eigenvalue weighted by Gasteiger charge is 2.14. The molecular weight excluding hydrogens is 390 g/mol. The topological polar surface area (TPSA) is 62.7 Å². The maximum atomic E-state index is 4.67. The highest BCUT2D eigenvalue weighted by molar-refractivity contribution is 9.10. The lowest BCUT2D eigenvalue weighted by Gasteiger charge is -2.21. The van der Waals surface area contributed by atoms with E-state index < -0.39 is 0 Å². The van der Waals surface area contributed by atoms with Crippen LogP contribution in [0.25, 0.3) is 11.3 Å². The van der Waals surface area contributed by atoms with E-state index in [9.17, 15) is 0 Å². The number of aromatic nitrogens is 3. The molecule has 3 aromatic rings. The summed E-state index contributed by atoms with van der Waals surface area (Å²) in [5.41, 5.74) is 3.82. The molecule has 2 aromatic heterocycles. The molecule has 0 aliphatic carbocycles. The van der Waals surface area contributed by atoms with Gasteiger partial charge in [-0.15, -0.1) is 0 Å². The average molecular weight is 412 g/mol. The molecule has 2 heterocycles. The zero-order valence-corrected chi connectivity index (χ0v) is 16.9. The Kier molecular flexibility index (Phi) is 5.23. The van der Waals surface area contributed by atoms with Crippen molar-refractivity contribution in [2.75, 3.05) is 10.6 Å². The number of hydrogen-bond acceptors (Lipinski definition) is 5. The normalized spacial score (nSPS) is 11.3. The van der Waals surface area contributed by atoms with E-state index in [1.165, 1.54) is 0 Å². The number of halogens is 1. The first kappa shape index (κ1) is 18.3. The summed E-state index contributed by atoms with van der Waals surface area (Å²) in [7, 11) is 0. The van der Waals surface area contributed by atoms with Gasteiger partial charge in [-0.05, 0) is 57.5 Å². The van der Waals surface area contributed by atoms with E-state index in [0.717, 1.165) is 32.8 Å². The fourth-order valence-corrected chi connectivity index (χ4v) is 2.82. The third kappa shape index (κ3) is 4.58. The van der Waals surface area contributed by atoms with Crippen LogP contribution in [0.15, 0.2) is 53.3 Å². The van der Waals surface area contributed by atoms with Gasteiger partial charge in [0.2, 0.25) is 5.95 Å². The number of nitrogens with one attached hydrogen (secondary N) is 2. The van der Waals surface area contributed by atoms with E-state index in [-0.39, 0.29) is 5.54 Å². The van der Waals surface area contributed by atoms with Crippen LogP contribution in [0.4, 0.5) is 17.5 Å². The fraction of sp³-hybridized carbons (Fsp3) is 0.250. The van der Waals surface area contributed by atoms with E-state index in [1.54, 1.807) is 12.4 Å². The van der Waals surface area contributed by atoms with Crippen LogP contribution in [0.3, 0.4) is 0 Å². The maximum Gasteiger partial charge on any atom is 0.225 e. The molecule has 5 nitrogen and oxygen atoms in total. The molecule has 0 aliphatic rings. The Hall–Kier alpha value is -2.47. The molecule has 26 heavy (non-hydrogen) atoms. The molecule has 0 fully saturated rings. The van der Waals surface area contributed by atoms with Crippen LogP contribution in [0.5, 0.6) is 0 Å². The van der Waals surface area contributed by atoms with E-state index >= 15 is 0 Å². The standard InChI is InChI=1S/C20H22BrN5/c1-13-15(21)6-5-7-16(13)23-18-12-17(14-8-10-22-11-9-14)24-19(25-18)26-20(2,3)4/h5-12H,1-4H3,(H2,23,24,25,26). The number of anilines is 3. The van der Waals surface area contributed by atoms with Crippen LogP contribution >= 0.6 is 15.9 Å². The largest absolute Gasteiger partial charge is 0.350 e. The SMILES string of the molecule is Cc1c(Br)cccc1Nc1cc(-c2ccncc2)nc(NC(C)(C)C)n1. The Morgan fingerprint density at radius 3 is 2.42 bits per heavy atom. The highest BCUT2D eigenvalue weighted by Crippen LogP contribution is 2.28. The summed E-state index contributed by atoms with van der Waals surface area (Å²) in [6.07, 6.45) is 3.53. The van der Waals surface area contributed by atoms with Crippen molar-refractivity contribution in [1.29, 1.82) is 0 Å². The predicted octanol–water partition coefficient (Wildman–Crippen LogP) is 5.56. The molecule has 6 heteroatoms. The van der Waals surface area contributed by atoms with Gasteiger partial charge in [-0.25, -0.2) is 4.98 Å². The lowest BCUT2D eigenvalue weighted by Crippen LogP contribution is -2.27. The molecule has 0 amide bonds. The summed E-state index contributed by atoms with van der Waals surface area (Å²) < 4.78 is 1.05. The molecule has 0 saturated carbocycles. The Labute approximate surface area is 162 Å². The van der Waals surface area contributed by atoms with Gasteiger partial charge in [-0.1, -0.05) is 22.0 Å². The number of benzene rings is 1. The number of pyridine rings is 1. The summed E-state index contributed by atoms with van der Waals surface area (Å²) in [6, 6.07) is 11.9. The van der Waals surface area contributed by atoms with Crippen molar-refractivity contribution in [2.45, 2.75) is 33.2 Å². The van der Waals surface area contributed by atoms with Crippen LogP contribution in [0.1, 0.15) is 26.3 Å². The van der Waals surface area contributed by atoms with Gasteiger partial charge in [-0.3, -0.25) is 4.98 Å². The Morgan fingerprint density at radius 1 is 1.00 bits per heavy atom. The summed E-state index contributed by atoms with van der Waals surface area (Å²) in [5.74, 6) is 1.32. The maximum absolute atomic E-state index is 4.67. The molecule has 1 aromatic carbocycles. The molecule has 0 saturated heterocycles. The Bertz CT molecular complexity index is 904. The van der Waals surface area contributed by atoms with Crippen molar-refractivity contribution >= 4 is 33.4 Å². The summed E-state index contributed by atoms with van der Waals surface area (Å²) in [5, 5.41) is 6.77. The molecule has 0 aliphatic heterocycles. The molecule has 134 valence electrons. The van der Waals surface area contributed by atoms with E-state index in [1.807, 2.05) is 36.4 Å². The second kappa shape index (κ2) is 7.41. The molecule has 0 radical (unpaired) electrons. The van der Waals surface area contributed by atoms with Gasteiger partial charge in [0.1, 0.15) is 5.82 Å². The van der Waals surface area contributed by atoms with Crippen LogP contribution in [-0.4, -0.2) is 20.5 Å². The first-order valence-corrected chi connectivity index (χ1v) is 9.21. The molecule has 3 rings (SSSR count). The molecule has 0 atom stereocenters. The minimum absolute atomic E-state index is 0.139. The molecule has 0 unspecified atom stereocenters. The van der Waals surface area contributed by atoms with Gasteiger partial charge in [0.25, 0.3) is 0 Å². The number of nitrogens with zero attached hydrogens (tertiary/aromatic N) is 3. The summed E-state index contributed by atoms with van der Waals surface area (Å²) >= 11 is 3.57. The zero-order valence-electron chi connectivity index (χ0n) is 15.3. The number of rotatable bonds is 4. The first-order chi connectivity index (χ1) is 12.3. The smallest absolute Gasteiger partial charge is 0.225 e. The Morgan fingerprint density at radius 2 is 1.73 bits per heavy atom. The van der Waals surface area contributed by atoms with Crippen LogP contribution in [0, 0.1) is 6.92 Å². The monoisotopic (exact) mass is 411 g/mol. The summed E-state index contributed by atoms with van der Waals surface area (Å²) in [4.78, 5) is 13.4. The van der Waals surface area contributed by atoms with Gasteiger partial charge in [0.15, 0.2) is 0 Å². The van der Waals surface area contributed by atoms with E-state index in [2.05, 4.69) is 69.2 Å². The van der Waals surface area contributed by atoms with Crippen molar-refractivity contribution in [3.63, 3.8) is 0 Å². The van der Waals surface area contributed by atoms with Crippen LogP contribution in [0.2, 0.25) is 0 Å². The predicted molar refractivity (Wildman–Crippen MR) is 111 cm³/mol. The van der Waals surface area contributed by atoms with Gasteiger partial charge in [0.05, 0.1) is 5.69 Å². The number of hydrogen-bond donors (Lipinski definition) is 2. The van der Waals surface area contributed by atoms with E-state index in [4.69, 9.17) is 0 Å². The summed E-state index contributed by atoms with van der Waals surface area (Å²) in [6.45, 7) is 8.31. The highest BCUT2D eigenvalue weighted by atomic mass is 79.9. The second-order valence-electron chi connectivity index (χ2n) is 7.11. The molecular formula is C20H22BrN5. The van der Waals surface area contributed by atoms with Gasteiger partial charge in [-0.2, -0.15) is 4.98 Å². The van der Waals surface area contributed by atoms with E-state index in [0.29, 0.717) is 5.95 Å². The second-order valence-corrected chi connectivity index (χ2v) is 7.96. The minimum Gasteiger partial charge on any atom is -0.350 e. The van der Waals surface area contributed by atoms with Gasteiger partial charge >= 0.3 is 0 Å². The van der Waals surface area contributed by atoms with Crippen molar-refractivity contribution in [2.24, 2.45) is 0 Å². The lowest BCUT2D eigenvalue weighted by molar-refractivity contribution is 0.626. The first-order valence-electron chi connectivity index (χ1n) is 8.42. The van der Waals surface area contributed by atoms with Crippen molar-refractivity contribution in [1.82, 2.24) is 15.0 Å². The Balaban J connectivity index is 2.03. The molecule has 2 N–H and O–H groups in total. The minimum atomic E-state index is -0.139. The third-order valence-electron chi connectivity index (χ3n) is 3.72. The van der Waals surface area contributed by atoms with Gasteiger partial charge < -0.3 is 10.6 Å². The average Bonchev–Trinajstić information content (AvgIpc) is 2.58. The lowest BCUT2D eigenvalue weighted by atomic mass is 10.1. The third-order valence-corrected chi connectivity index (χ3v) is 4.58. The van der Waals surface area contributed by atoms with Gasteiger partial charge in [0, 0.05) is 39.7 Å². The zero-order chi connectivity index (χ0) is 18.7. The van der Waals surface area contributed by atoms with Crippen molar-refractivity contribution in [3.8, 4) is 11.3 Å². The van der Waals surface area contributed by atoms with Crippen LogP contribution in [-0.2, 0) is 0 Å². The molecule has 0 bridgehead atoms.